The molecule has 0 aliphatic carbocycles. The van der Waals surface area contributed by atoms with Gasteiger partial charge in [0.2, 0.25) is 0 Å². The summed E-state index contributed by atoms with van der Waals surface area (Å²) in [6.45, 7) is 0. The van der Waals surface area contributed by atoms with Gasteiger partial charge in [-0.1, -0.05) is 41.4 Å². The van der Waals surface area contributed by atoms with Gasteiger partial charge in [-0.25, -0.2) is 0 Å². The summed E-state index contributed by atoms with van der Waals surface area (Å²) in [6.07, 6.45) is 0. The predicted octanol–water partition coefficient (Wildman–Crippen LogP) is 5.43. The SMILES string of the molecule is N#CC(Nc1ccccc1Cl)c1ccc(Cl)c(Br)c1. The molecule has 0 aliphatic rings. The maximum Gasteiger partial charge on any atom is 0.140 e. The zero-order valence-corrected chi connectivity index (χ0v) is 12.8. The molecule has 2 nitrogen and oxygen atoms in total. The van der Waals surface area contributed by atoms with Crippen LogP contribution in [0.3, 0.4) is 0 Å². The van der Waals surface area contributed by atoms with E-state index in [-0.39, 0.29) is 0 Å². The fourth-order valence-electron chi connectivity index (χ4n) is 1.62. The van der Waals surface area contributed by atoms with E-state index < -0.39 is 6.04 Å². The Labute approximate surface area is 130 Å². The van der Waals surface area contributed by atoms with Crippen molar-refractivity contribution in [2.75, 3.05) is 5.32 Å². The van der Waals surface area contributed by atoms with E-state index in [4.69, 9.17) is 23.2 Å². The van der Waals surface area contributed by atoms with Crippen LogP contribution in [0.2, 0.25) is 10.0 Å². The van der Waals surface area contributed by atoms with Crippen LogP contribution in [0.4, 0.5) is 5.69 Å². The first-order chi connectivity index (χ1) is 9.11. The van der Waals surface area contributed by atoms with E-state index in [0.29, 0.717) is 10.0 Å². The lowest BCUT2D eigenvalue weighted by Crippen LogP contribution is -2.08. The normalized spacial score (nSPS) is 11.7. The van der Waals surface area contributed by atoms with Crippen molar-refractivity contribution in [3.8, 4) is 6.07 Å². The van der Waals surface area contributed by atoms with Gasteiger partial charge in [0.05, 0.1) is 21.8 Å². The summed E-state index contributed by atoms with van der Waals surface area (Å²) in [7, 11) is 0. The van der Waals surface area contributed by atoms with Crippen LogP contribution in [0.5, 0.6) is 0 Å². The predicted molar refractivity (Wildman–Crippen MR) is 82.6 cm³/mol. The van der Waals surface area contributed by atoms with E-state index in [1.54, 1.807) is 12.1 Å². The highest BCUT2D eigenvalue weighted by Gasteiger charge is 2.13. The third-order valence-electron chi connectivity index (χ3n) is 2.58. The molecule has 0 radical (unpaired) electrons. The highest BCUT2D eigenvalue weighted by molar-refractivity contribution is 9.10. The Bertz CT molecular complexity index is 638. The highest BCUT2D eigenvalue weighted by Crippen LogP contribution is 2.29. The minimum absolute atomic E-state index is 0.492. The van der Waals surface area contributed by atoms with E-state index in [9.17, 15) is 5.26 Å². The van der Waals surface area contributed by atoms with Gasteiger partial charge in [0.1, 0.15) is 6.04 Å². The van der Waals surface area contributed by atoms with Gasteiger partial charge in [0.15, 0.2) is 0 Å². The molecule has 0 heterocycles. The van der Waals surface area contributed by atoms with Crippen molar-refractivity contribution in [3.05, 3.63) is 62.5 Å². The van der Waals surface area contributed by atoms with Crippen molar-refractivity contribution in [3.63, 3.8) is 0 Å². The molecule has 0 aliphatic heterocycles. The third kappa shape index (κ3) is 3.42. The topological polar surface area (TPSA) is 35.8 Å². The van der Waals surface area contributed by atoms with Crippen molar-refractivity contribution in [1.29, 1.82) is 5.26 Å². The monoisotopic (exact) mass is 354 g/mol. The van der Waals surface area contributed by atoms with Crippen molar-refractivity contribution in [2.24, 2.45) is 0 Å². The number of nitrogens with one attached hydrogen (secondary N) is 1. The Balaban J connectivity index is 2.28. The number of para-hydroxylation sites is 1. The molecule has 5 heteroatoms. The lowest BCUT2D eigenvalue weighted by atomic mass is 10.1. The van der Waals surface area contributed by atoms with Gasteiger partial charge >= 0.3 is 0 Å². The van der Waals surface area contributed by atoms with Crippen LogP contribution in [0.1, 0.15) is 11.6 Å². The highest BCUT2D eigenvalue weighted by atomic mass is 79.9. The standard InChI is InChI=1S/C14H9BrCl2N2/c15-10-7-9(5-6-11(10)16)14(8-18)19-13-4-2-1-3-12(13)17/h1-7,14,19H. The molecule has 0 saturated heterocycles. The van der Waals surface area contributed by atoms with Crippen molar-refractivity contribution < 1.29 is 0 Å². The Morgan fingerprint density at radius 3 is 2.47 bits per heavy atom. The zero-order chi connectivity index (χ0) is 13.8. The number of nitrogens with zero attached hydrogens (tertiary/aromatic N) is 1. The van der Waals surface area contributed by atoms with Gasteiger partial charge in [0.25, 0.3) is 0 Å². The first-order valence-electron chi connectivity index (χ1n) is 5.47. The fraction of sp³-hybridized carbons (Fsp3) is 0.0714. The first-order valence-corrected chi connectivity index (χ1v) is 7.02. The molecule has 0 fully saturated rings. The van der Waals surface area contributed by atoms with E-state index in [0.717, 1.165) is 15.7 Å². The van der Waals surface area contributed by atoms with E-state index >= 15 is 0 Å². The van der Waals surface area contributed by atoms with E-state index in [2.05, 4.69) is 27.3 Å². The molecule has 2 aromatic carbocycles. The molecule has 0 amide bonds. The van der Waals surface area contributed by atoms with Crippen LogP contribution in [-0.4, -0.2) is 0 Å². The Hall–Kier alpha value is -1.21. The largest absolute Gasteiger partial charge is 0.365 e. The number of hydrogen-bond donors (Lipinski definition) is 1. The van der Waals surface area contributed by atoms with Crippen LogP contribution in [0, 0.1) is 11.3 Å². The van der Waals surface area contributed by atoms with Gasteiger partial charge in [-0.2, -0.15) is 5.26 Å². The van der Waals surface area contributed by atoms with Crippen LogP contribution in [0.25, 0.3) is 0 Å². The molecule has 2 rings (SSSR count). The smallest absolute Gasteiger partial charge is 0.140 e. The summed E-state index contributed by atoms with van der Waals surface area (Å²) >= 11 is 15.4. The molecule has 1 atom stereocenters. The maximum atomic E-state index is 9.29. The molecule has 19 heavy (non-hydrogen) atoms. The summed E-state index contributed by atoms with van der Waals surface area (Å²) in [5.74, 6) is 0. The summed E-state index contributed by atoms with van der Waals surface area (Å²) in [5, 5.41) is 13.6. The summed E-state index contributed by atoms with van der Waals surface area (Å²) in [6, 6.07) is 14.4. The van der Waals surface area contributed by atoms with E-state index in [1.165, 1.54) is 0 Å². The molecule has 0 bridgehead atoms. The lowest BCUT2D eigenvalue weighted by Gasteiger charge is -2.15. The maximum absolute atomic E-state index is 9.29. The zero-order valence-electron chi connectivity index (χ0n) is 9.70. The third-order valence-corrected chi connectivity index (χ3v) is 4.12. The molecule has 1 N–H and O–H groups in total. The quantitative estimate of drug-likeness (QED) is 0.796. The van der Waals surface area contributed by atoms with Crippen molar-refractivity contribution in [1.82, 2.24) is 0 Å². The van der Waals surface area contributed by atoms with Crippen LogP contribution in [0.15, 0.2) is 46.9 Å². The second-order valence-electron chi connectivity index (χ2n) is 3.86. The molecule has 1 unspecified atom stereocenters. The first kappa shape index (κ1) is 14.2. The van der Waals surface area contributed by atoms with Crippen LogP contribution < -0.4 is 5.32 Å². The second kappa shape index (κ2) is 6.29. The second-order valence-corrected chi connectivity index (χ2v) is 5.53. The van der Waals surface area contributed by atoms with Crippen LogP contribution >= 0.6 is 39.1 Å². The van der Waals surface area contributed by atoms with Gasteiger partial charge in [0, 0.05) is 4.47 Å². The van der Waals surface area contributed by atoms with Gasteiger partial charge in [-0.15, -0.1) is 0 Å². The van der Waals surface area contributed by atoms with Gasteiger partial charge in [-0.3, -0.25) is 0 Å². The molecular weight excluding hydrogens is 347 g/mol. The number of rotatable bonds is 3. The molecule has 96 valence electrons. The molecule has 0 aromatic heterocycles. The van der Waals surface area contributed by atoms with Crippen molar-refractivity contribution in [2.45, 2.75) is 6.04 Å². The van der Waals surface area contributed by atoms with Crippen LogP contribution in [-0.2, 0) is 0 Å². The van der Waals surface area contributed by atoms with E-state index in [1.807, 2.05) is 30.3 Å². The summed E-state index contributed by atoms with van der Waals surface area (Å²) in [4.78, 5) is 0. The van der Waals surface area contributed by atoms with Crippen molar-refractivity contribution >= 4 is 44.8 Å². The lowest BCUT2D eigenvalue weighted by molar-refractivity contribution is 0.996. The molecule has 2 aromatic rings. The summed E-state index contributed by atoms with van der Waals surface area (Å²) in [5.41, 5.74) is 1.54. The Morgan fingerprint density at radius 2 is 1.84 bits per heavy atom. The number of nitriles is 1. The molecule has 0 saturated carbocycles. The number of hydrogen-bond acceptors (Lipinski definition) is 2. The number of halogens is 3. The molecule has 0 spiro atoms. The number of benzene rings is 2. The van der Waals surface area contributed by atoms with Gasteiger partial charge < -0.3 is 5.32 Å². The average Bonchev–Trinajstić information content (AvgIpc) is 2.41. The van der Waals surface area contributed by atoms with Gasteiger partial charge in [-0.05, 0) is 45.8 Å². The Morgan fingerprint density at radius 1 is 1.11 bits per heavy atom. The Kier molecular flexibility index (Phi) is 4.71. The minimum atomic E-state index is -0.492. The fourth-order valence-corrected chi connectivity index (χ4v) is 2.32. The number of anilines is 1. The summed E-state index contributed by atoms with van der Waals surface area (Å²) < 4.78 is 0.757. The average molecular weight is 356 g/mol. The molecular formula is C14H9BrCl2N2. The minimum Gasteiger partial charge on any atom is -0.365 e.